The zero-order valence-corrected chi connectivity index (χ0v) is 17.5. The summed E-state index contributed by atoms with van der Waals surface area (Å²) in [6, 6.07) is 7.75. The van der Waals surface area contributed by atoms with Gasteiger partial charge < -0.3 is 15.7 Å². The van der Waals surface area contributed by atoms with Crippen LogP contribution in [0.3, 0.4) is 0 Å². The molecular formula is C23H32N2O4. The van der Waals surface area contributed by atoms with E-state index in [1.54, 1.807) is 19.1 Å². The topological polar surface area (TPSA) is 95.5 Å². The van der Waals surface area contributed by atoms with E-state index in [4.69, 9.17) is 0 Å². The molecule has 29 heavy (non-hydrogen) atoms. The van der Waals surface area contributed by atoms with E-state index < -0.39 is 24.0 Å². The quantitative estimate of drug-likeness (QED) is 0.469. The van der Waals surface area contributed by atoms with Crippen molar-refractivity contribution in [1.82, 2.24) is 10.6 Å². The van der Waals surface area contributed by atoms with Crippen molar-refractivity contribution in [1.29, 1.82) is 0 Å². The van der Waals surface area contributed by atoms with Gasteiger partial charge in [0.05, 0.1) is 0 Å². The summed E-state index contributed by atoms with van der Waals surface area (Å²) in [5.41, 5.74) is 1.77. The molecule has 0 radical (unpaired) electrons. The fourth-order valence-electron chi connectivity index (χ4n) is 2.88. The normalized spacial score (nSPS) is 13.4. The van der Waals surface area contributed by atoms with Crippen molar-refractivity contribution in [2.24, 2.45) is 5.92 Å². The summed E-state index contributed by atoms with van der Waals surface area (Å²) in [5, 5.41) is 14.8. The predicted octanol–water partition coefficient (Wildman–Crippen LogP) is 3.24. The number of carboxylic acid groups (broad SMARTS) is 1. The summed E-state index contributed by atoms with van der Waals surface area (Å²) < 4.78 is 0. The second kappa shape index (κ2) is 12.5. The van der Waals surface area contributed by atoms with Gasteiger partial charge in [-0.25, -0.2) is 4.79 Å². The number of aliphatic carboxylic acids is 1. The molecule has 0 bridgehead atoms. The molecule has 6 nitrogen and oxygen atoms in total. The maximum Gasteiger partial charge on any atom is 0.326 e. The first-order chi connectivity index (χ1) is 13.8. The van der Waals surface area contributed by atoms with E-state index >= 15 is 0 Å². The maximum absolute atomic E-state index is 12.8. The van der Waals surface area contributed by atoms with E-state index in [0.29, 0.717) is 19.3 Å². The van der Waals surface area contributed by atoms with Crippen LogP contribution >= 0.6 is 0 Å². The highest BCUT2D eigenvalue weighted by Gasteiger charge is 2.27. The number of aryl methyl sites for hydroxylation is 1. The number of hydrogen-bond acceptors (Lipinski definition) is 3. The monoisotopic (exact) mass is 400 g/mol. The van der Waals surface area contributed by atoms with Crippen LogP contribution < -0.4 is 10.6 Å². The van der Waals surface area contributed by atoms with Crippen molar-refractivity contribution >= 4 is 17.8 Å². The molecule has 1 aromatic rings. The van der Waals surface area contributed by atoms with Crippen molar-refractivity contribution in [3.63, 3.8) is 0 Å². The molecule has 0 saturated carbocycles. The molecule has 0 saturated heterocycles. The summed E-state index contributed by atoms with van der Waals surface area (Å²) in [4.78, 5) is 36.7. The van der Waals surface area contributed by atoms with Crippen molar-refractivity contribution in [3.05, 3.63) is 60.2 Å². The maximum atomic E-state index is 12.8. The number of carboxylic acids is 1. The standard InChI is InChI=1S/C23H32N2O4/c1-5-17(6-2)15-20(23(28)29)25-22(27)19(24-21(26)14-16(3)4)13-12-18-10-8-7-9-11-18/h5-11,16,19-20H,1,12-15H2,2-4H3,(H,24,26)(H,25,27)(H,28,29)/b17-6+/t19-,20-/m0/s1. The van der Waals surface area contributed by atoms with Gasteiger partial charge in [-0.15, -0.1) is 0 Å². The molecule has 0 fully saturated rings. The lowest BCUT2D eigenvalue weighted by molar-refractivity contribution is -0.142. The minimum Gasteiger partial charge on any atom is -0.480 e. The molecule has 6 heteroatoms. The number of allylic oxidation sites excluding steroid dienone is 2. The first kappa shape index (κ1) is 24.1. The van der Waals surface area contributed by atoms with Crippen LogP contribution in [0.25, 0.3) is 0 Å². The molecule has 0 aliphatic rings. The van der Waals surface area contributed by atoms with Gasteiger partial charge in [0.2, 0.25) is 11.8 Å². The molecule has 0 aromatic heterocycles. The Labute approximate surface area is 173 Å². The van der Waals surface area contributed by atoms with Gasteiger partial charge in [-0.1, -0.05) is 68.5 Å². The summed E-state index contributed by atoms with van der Waals surface area (Å²) in [7, 11) is 0. The van der Waals surface area contributed by atoms with E-state index in [1.165, 1.54) is 0 Å². The Bertz CT molecular complexity index is 726. The third kappa shape index (κ3) is 9.23. The first-order valence-electron chi connectivity index (χ1n) is 9.90. The van der Waals surface area contributed by atoms with Crippen LogP contribution in [0.2, 0.25) is 0 Å². The van der Waals surface area contributed by atoms with Crippen LogP contribution in [-0.2, 0) is 20.8 Å². The molecule has 1 aromatic carbocycles. The third-order valence-electron chi connectivity index (χ3n) is 4.50. The SMILES string of the molecule is C=C/C(=C\C)C[C@H](NC(=O)[C@H](CCc1ccccc1)NC(=O)CC(C)C)C(=O)O. The van der Waals surface area contributed by atoms with Crippen LogP contribution in [0.15, 0.2) is 54.6 Å². The smallest absolute Gasteiger partial charge is 0.326 e. The number of benzene rings is 1. The van der Waals surface area contributed by atoms with Crippen molar-refractivity contribution in [2.45, 2.75) is 58.5 Å². The lowest BCUT2D eigenvalue weighted by Gasteiger charge is -2.22. The summed E-state index contributed by atoms with van der Waals surface area (Å²) in [5.74, 6) is -1.69. The molecule has 2 atom stereocenters. The van der Waals surface area contributed by atoms with E-state index in [9.17, 15) is 19.5 Å². The summed E-state index contributed by atoms with van der Waals surface area (Å²) in [6.07, 6.45) is 4.73. The Balaban J connectivity index is 2.89. The van der Waals surface area contributed by atoms with Crippen LogP contribution in [0, 0.1) is 5.92 Å². The fourth-order valence-corrected chi connectivity index (χ4v) is 2.88. The van der Waals surface area contributed by atoms with E-state index in [1.807, 2.05) is 44.2 Å². The van der Waals surface area contributed by atoms with Crippen LogP contribution in [0.5, 0.6) is 0 Å². The van der Waals surface area contributed by atoms with E-state index in [2.05, 4.69) is 17.2 Å². The van der Waals surface area contributed by atoms with Gasteiger partial charge in [-0.3, -0.25) is 9.59 Å². The Hall–Kier alpha value is -2.89. The molecule has 0 unspecified atom stereocenters. The number of carbonyl (C=O) groups is 3. The van der Waals surface area contributed by atoms with Gasteiger partial charge in [0.25, 0.3) is 0 Å². The summed E-state index contributed by atoms with van der Waals surface area (Å²) >= 11 is 0. The second-order valence-electron chi connectivity index (χ2n) is 7.41. The molecule has 1 rings (SSSR count). The third-order valence-corrected chi connectivity index (χ3v) is 4.50. The van der Waals surface area contributed by atoms with Gasteiger partial charge in [0.1, 0.15) is 12.1 Å². The molecule has 0 aliphatic carbocycles. The first-order valence-corrected chi connectivity index (χ1v) is 9.90. The highest BCUT2D eigenvalue weighted by molar-refractivity contribution is 5.90. The number of hydrogen-bond donors (Lipinski definition) is 3. The second-order valence-corrected chi connectivity index (χ2v) is 7.41. The Kier molecular flexibility index (Phi) is 10.4. The minimum absolute atomic E-state index is 0.131. The Morgan fingerprint density at radius 2 is 1.72 bits per heavy atom. The predicted molar refractivity (Wildman–Crippen MR) is 114 cm³/mol. The highest BCUT2D eigenvalue weighted by atomic mass is 16.4. The summed E-state index contributed by atoms with van der Waals surface area (Å²) in [6.45, 7) is 9.29. The Morgan fingerprint density at radius 3 is 2.24 bits per heavy atom. The molecule has 2 amide bonds. The van der Waals surface area contributed by atoms with Crippen molar-refractivity contribution in [2.75, 3.05) is 0 Å². The van der Waals surface area contributed by atoms with Crippen LogP contribution in [-0.4, -0.2) is 35.0 Å². The van der Waals surface area contributed by atoms with Gasteiger partial charge >= 0.3 is 5.97 Å². The average Bonchev–Trinajstić information content (AvgIpc) is 2.68. The molecule has 0 aliphatic heterocycles. The van der Waals surface area contributed by atoms with Gasteiger partial charge in [-0.2, -0.15) is 0 Å². The zero-order chi connectivity index (χ0) is 21.8. The zero-order valence-electron chi connectivity index (χ0n) is 17.5. The van der Waals surface area contributed by atoms with Crippen LogP contribution in [0.1, 0.15) is 45.6 Å². The Morgan fingerprint density at radius 1 is 1.07 bits per heavy atom. The average molecular weight is 401 g/mol. The lowest BCUT2D eigenvalue weighted by atomic mass is 10.0. The number of carbonyl (C=O) groups excluding carboxylic acids is 2. The largest absolute Gasteiger partial charge is 0.480 e. The van der Waals surface area contributed by atoms with Crippen molar-refractivity contribution < 1.29 is 19.5 Å². The number of nitrogens with one attached hydrogen (secondary N) is 2. The van der Waals surface area contributed by atoms with Crippen molar-refractivity contribution in [3.8, 4) is 0 Å². The fraction of sp³-hybridized carbons (Fsp3) is 0.435. The van der Waals surface area contributed by atoms with Gasteiger partial charge in [0, 0.05) is 12.8 Å². The van der Waals surface area contributed by atoms with E-state index in [-0.39, 0.29) is 18.2 Å². The number of rotatable bonds is 12. The van der Waals surface area contributed by atoms with Gasteiger partial charge in [-0.05, 0) is 31.2 Å². The molecule has 0 heterocycles. The number of amides is 2. The highest BCUT2D eigenvalue weighted by Crippen LogP contribution is 2.10. The van der Waals surface area contributed by atoms with Crippen LogP contribution in [0.4, 0.5) is 0 Å². The molecule has 3 N–H and O–H groups in total. The molecule has 158 valence electrons. The molecular weight excluding hydrogens is 368 g/mol. The van der Waals surface area contributed by atoms with E-state index in [0.717, 1.165) is 11.1 Å². The lowest BCUT2D eigenvalue weighted by Crippen LogP contribution is -2.52. The van der Waals surface area contributed by atoms with Gasteiger partial charge in [0.15, 0.2) is 0 Å². The minimum atomic E-state index is -1.13. The molecule has 0 spiro atoms.